The van der Waals surface area contributed by atoms with Crippen LogP contribution in [-0.4, -0.2) is 18.5 Å². The van der Waals surface area contributed by atoms with Gasteiger partial charge in [0.25, 0.3) is 0 Å². The Hall–Kier alpha value is -1.35. The standard InChI is InChI=1S/C16H24N2O/c1-4-6-14(17)16(19)18-8-5-7-13-12(3)9-11(2)10-15(13)18/h9-10,14H,4-8,17H2,1-3H3. The summed E-state index contributed by atoms with van der Waals surface area (Å²) in [5, 5.41) is 0. The number of carbonyl (C=O) groups is 1. The van der Waals surface area contributed by atoms with E-state index in [2.05, 4.69) is 32.9 Å². The topological polar surface area (TPSA) is 46.3 Å². The highest BCUT2D eigenvalue weighted by Gasteiger charge is 2.27. The molecule has 104 valence electrons. The molecule has 1 aromatic rings. The van der Waals surface area contributed by atoms with E-state index in [9.17, 15) is 4.79 Å². The number of carbonyl (C=O) groups excluding carboxylic acids is 1. The molecule has 0 radical (unpaired) electrons. The zero-order valence-corrected chi connectivity index (χ0v) is 12.2. The lowest BCUT2D eigenvalue weighted by atomic mass is 9.94. The van der Waals surface area contributed by atoms with Gasteiger partial charge >= 0.3 is 0 Å². The number of anilines is 1. The number of amides is 1. The minimum Gasteiger partial charge on any atom is -0.320 e. The van der Waals surface area contributed by atoms with E-state index in [0.717, 1.165) is 37.9 Å². The Bertz CT molecular complexity index is 482. The van der Waals surface area contributed by atoms with Crippen molar-refractivity contribution in [2.75, 3.05) is 11.4 Å². The molecule has 1 heterocycles. The zero-order valence-electron chi connectivity index (χ0n) is 12.2. The normalized spacial score (nSPS) is 16.1. The molecule has 19 heavy (non-hydrogen) atoms. The Morgan fingerprint density at radius 3 is 2.84 bits per heavy atom. The van der Waals surface area contributed by atoms with Crippen molar-refractivity contribution >= 4 is 11.6 Å². The van der Waals surface area contributed by atoms with Gasteiger partial charge in [0, 0.05) is 12.2 Å². The van der Waals surface area contributed by atoms with Crippen molar-refractivity contribution < 1.29 is 4.79 Å². The molecule has 0 spiro atoms. The zero-order chi connectivity index (χ0) is 14.0. The van der Waals surface area contributed by atoms with Crippen LogP contribution in [0.2, 0.25) is 0 Å². The van der Waals surface area contributed by atoms with Crippen molar-refractivity contribution in [3.8, 4) is 0 Å². The molecule has 1 atom stereocenters. The minimum atomic E-state index is -0.364. The number of nitrogens with zero attached hydrogens (tertiary/aromatic N) is 1. The molecule has 0 saturated carbocycles. The smallest absolute Gasteiger partial charge is 0.243 e. The van der Waals surface area contributed by atoms with Gasteiger partial charge in [-0.25, -0.2) is 0 Å². The first-order valence-electron chi connectivity index (χ1n) is 7.21. The molecule has 0 bridgehead atoms. The molecular weight excluding hydrogens is 236 g/mol. The summed E-state index contributed by atoms with van der Waals surface area (Å²) in [6, 6.07) is 3.95. The van der Waals surface area contributed by atoms with E-state index in [1.165, 1.54) is 16.7 Å². The molecule has 0 fully saturated rings. The predicted molar refractivity (Wildman–Crippen MR) is 79.5 cm³/mol. The van der Waals surface area contributed by atoms with Crippen LogP contribution in [0.4, 0.5) is 5.69 Å². The third-order valence-electron chi connectivity index (χ3n) is 3.88. The lowest BCUT2D eigenvalue weighted by Crippen LogP contribution is -2.46. The van der Waals surface area contributed by atoms with E-state index in [4.69, 9.17) is 5.73 Å². The van der Waals surface area contributed by atoms with Crippen molar-refractivity contribution in [1.82, 2.24) is 0 Å². The lowest BCUT2D eigenvalue weighted by Gasteiger charge is -2.32. The molecule has 1 aromatic carbocycles. The van der Waals surface area contributed by atoms with Crippen molar-refractivity contribution in [2.45, 2.75) is 52.5 Å². The average Bonchev–Trinajstić information content (AvgIpc) is 2.37. The number of fused-ring (bicyclic) bond motifs is 1. The van der Waals surface area contributed by atoms with Gasteiger partial charge in [0.1, 0.15) is 0 Å². The van der Waals surface area contributed by atoms with Crippen molar-refractivity contribution in [1.29, 1.82) is 0 Å². The quantitative estimate of drug-likeness (QED) is 0.908. The molecule has 2 rings (SSSR count). The summed E-state index contributed by atoms with van der Waals surface area (Å²) >= 11 is 0. The van der Waals surface area contributed by atoms with Gasteiger partial charge in [0.15, 0.2) is 0 Å². The maximum Gasteiger partial charge on any atom is 0.243 e. The van der Waals surface area contributed by atoms with Crippen LogP contribution in [-0.2, 0) is 11.2 Å². The molecule has 3 heteroatoms. The molecule has 0 aromatic heterocycles. The minimum absolute atomic E-state index is 0.0767. The van der Waals surface area contributed by atoms with E-state index in [1.54, 1.807) is 0 Å². The maximum atomic E-state index is 12.5. The highest BCUT2D eigenvalue weighted by molar-refractivity contribution is 5.98. The summed E-state index contributed by atoms with van der Waals surface area (Å²) in [6.45, 7) is 7.07. The fourth-order valence-corrected chi connectivity index (χ4v) is 2.94. The SMILES string of the molecule is CCCC(N)C(=O)N1CCCc2c(C)cc(C)cc21. The van der Waals surface area contributed by atoms with E-state index < -0.39 is 0 Å². The first-order valence-corrected chi connectivity index (χ1v) is 7.21. The number of hydrogen-bond acceptors (Lipinski definition) is 2. The largest absolute Gasteiger partial charge is 0.320 e. The van der Waals surface area contributed by atoms with Crippen LogP contribution in [0, 0.1) is 13.8 Å². The molecule has 0 aliphatic carbocycles. The first kappa shape index (κ1) is 14.1. The van der Waals surface area contributed by atoms with Crippen molar-refractivity contribution in [3.63, 3.8) is 0 Å². The summed E-state index contributed by atoms with van der Waals surface area (Å²) in [6.07, 6.45) is 3.80. The summed E-state index contributed by atoms with van der Waals surface area (Å²) in [5.41, 5.74) is 10.9. The van der Waals surface area contributed by atoms with Gasteiger partial charge in [-0.05, 0) is 55.9 Å². The van der Waals surface area contributed by atoms with Gasteiger partial charge in [-0.15, -0.1) is 0 Å². The summed E-state index contributed by atoms with van der Waals surface area (Å²) in [4.78, 5) is 14.4. The molecule has 1 amide bonds. The summed E-state index contributed by atoms with van der Waals surface area (Å²) in [7, 11) is 0. The summed E-state index contributed by atoms with van der Waals surface area (Å²) in [5.74, 6) is 0.0767. The number of rotatable bonds is 3. The second kappa shape index (κ2) is 5.74. The highest BCUT2D eigenvalue weighted by Crippen LogP contribution is 2.31. The first-order chi connectivity index (χ1) is 9.04. The van der Waals surface area contributed by atoms with E-state index in [1.807, 2.05) is 4.90 Å². The van der Waals surface area contributed by atoms with Crippen LogP contribution in [0.25, 0.3) is 0 Å². The van der Waals surface area contributed by atoms with Gasteiger partial charge in [-0.2, -0.15) is 0 Å². The van der Waals surface area contributed by atoms with Crippen molar-refractivity contribution in [2.24, 2.45) is 5.73 Å². The molecule has 1 unspecified atom stereocenters. The lowest BCUT2D eigenvalue weighted by molar-refractivity contribution is -0.120. The summed E-state index contributed by atoms with van der Waals surface area (Å²) < 4.78 is 0. The van der Waals surface area contributed by atoms with Gasteiger partial charge in [-0.3, -0.25) is 4.79 Å². The van der Waals surface area contributed by atoms with Crippen LogP contribution in [0.15, 0.2) is 12.1 Å². The van der Waals surface area contributed by atoms with Crippen molar-refractivity contribution in [3.05, 3.63) is 28.8 Å². The van der Waals surface area contributed by atoms with Gasteiger partial charge in [-0.1, -0.05) is 19.4 Å². The second-order valence-corrected chi connectivity index (χ2v) is 5.57. The number of benzene rings is 1. The van der Waals surface area contributed by atoms with Crippen LogP contribution in [0.5, 0.6) is 0 Å². The number of nitrogens with two attached hydrogens (primary N) is 1. The third-order valence-corrected chi connectivity index (χ3v) is 3.88. The Labute approximate surface area is 115 Å². The molecule has 2 N–H and O–H groups in total. The fourth-order valence-electron chi connectivity index (χ4n) is 2.94. The Morgan fingerprint density at radius 2 is 2.16 bits per heavy atom. The van der Waals surface area contributed by atoms with Gasteiger partial charge in [0.05, 0.1) is 6.04 Å². The molecule has 1 aliphatic rings. The van der Waals surface area contributed by atoms with Crippen LogP contribution < -0.4 is 10.6 Å². The fraction of sp³-hybridized carbons (Fsp3) is 0.562. The Balaban J connectivity index is 2.34. The van der Waals surface area contributed by atoms with E-state index in [0.29, 0.717) is 0 Å². The third kappa shape index (κ3) is 2.81. The Morgan fingerprint density at radius 1 is 1.42 bits per heavy atom. The number of aryl methyl sites for hydroxylation is 2. The Kier molecular flexibility index (Phi) is 4.25. The predicted octanol–water partition coefficient (Wildman–Crippen LogP) is 2.71. The number of hydrogen-bond donors (Lipinski definition) is 1. The monoisotopic (exact) mass is 260 g/mol. The molecule has 1 aliphatic heterocycles. The molecular formula is C16H24N2O. The van der Waals surface area contributed by atoms with Crippen LogP contribution in [0.3, 0.4) is 0 Å². The van der Waals surface area contributed by atoms with E-state index in [-0.39, 0.29) is 11.9 Å². The second-order valence-electron chi connectivity index (χ2n) is 5.57. The van der Waals surface area contributed by atoms with Gasteiger partial charge < -0.3 is 10.6 Å². The highest BCUT2D eigenvalue weighted by atomic mass is 16.2. The average molecular weight is 260 g/mol. The molecule has 3 nitrogen and oxygen atoms in total. The molecule has 0 saturated heterocycles. The van der Waals surface area contributed by atoms with Crippen LogP contribution >= 0.6 is 0 Å². The van der Waals surface area contributed by atoms with E-state index >= 15 is 0 Å². The maximum absolute atomic E-state index is 12.5. The van der Waals surface area contributed by atoms with Gasteiger partial charge in [0.2, 0.25) is 5.91 Å². The van der Waals surface area contributed by atoms with Crippen LogP contribution in [0.1, 0.15) is 42.9 Å².